The number of anilines is 2. The van der Waals surface area contributed by atoms with Gasteiger partial charge in [0, 0.05) is 12.6 Å². The summed E-state index contributed by atoms with van der Waals surface area (Å²) >= 11 is 6.31. The third-order valence-corrected chi connectivity index (χ3v) is 3.59. The number of rotatable bonds is 5. The van der Waals surface area contributed by atoms with E-state index in [1.165, 1.54) is 0 Å². The van der Waals surface area contributed by atoms with E-state index in [2.05, 4.69) is 20.6 Å². The summed E-state index contributed by atoms with van der Waals surface area (Å²) in [4.78, 5) is 20.6. The number of aryl methyl sites for hydroxylation is 3. The van der Waals surface area contributed by atoms with Gasteiger partial charge < -0.3 is 10.6 Å². The summed E-state index contributed by atoms with van der Waals surface area (Å²) in [6.07, 6.45) is 0.874. The van der Waals surface area contributed by atoms with E-state index < -0.39 is 0 Å². The van der Waals surface area contributed by atoms with Crippen LogP contribution in [0.4, 0.5) is 11.5 Å². The summed E-state index contributed by atoms with van der Waals surface area (Å²) in [7, 11) is 0. The molecule has 2 N–H and O–H groups in total. The smallest absolute Gasteiger partial charge is 0.270 e. The van der Waals surface area contributed by atoms with Crippen molar-refractivity contribution in [2.75, 3.05) is 11.9 Å². The van der Waals surface area contributed by atoms with Gasteiger partial charge in [-0.25, -0.2) is 9.97 Å². The Hall–Kier alpha value is -2.14. The maximum absolute atomic E-state index is 12.1. The second-order valence-corrected chi connectivity index (χ2v) is 5.91. The van der Waals surface area contributed by atoms with Gasteiger partial charge in [-0.15, -0.1) is 0 Å². The number of halogens is 1. The molecule has 2 rings (SSSR count). The average molecular weight is 333 g/mol. The standard InChI is InChI=1S/C17H21ClN4O/c1-5-6-19-17(23)14-9-15(21-12(4)20-14)22-16-11(3)7-10(2)8-13(16)18/h7-9H,5-6H2,1-4H3,(H,19,23)(H,20,21,22). The Morgan fingerprint density at radius 1 is 1.17 bits per heavy atom. The fraction of sp³-hybridized carbons (Fsp3) is 0.353. The van der Waals surface area contributed by atoms with E-state index in [4.69, 9.17) is 11.6 Å². The van der Waals surface area contributed by atoms with Crippen LogP contribution in [0.15, 0.2) is 18.2 Å². The first-order valence-corrected chi connectivity index (χ1v) is 7.96. The fourth-order valence-electron chi connectivity index (χ4n) is 2.28. The Morgan fingerprint density at radius 3 is 2.57 bits per heavy atom. The van der Waals surface area contributed by atoms with Crippen LogP contribution in [-0.4, -0.2) is 22.4 Å². The molecule has 122 valence electrons. The topological polar surface area (TPSA) is 66.9 Å². The van der Waals surface area contributed by atoms with E-state index in [-0.39, 0.29) is 5.91 Å². The molecule has 0 aliphatic carbocycles. The van der Waals surface area contributed by atoms with Gasteiger partial charge in [-0.2, -0.15) is 0 Å². The SMILES string of the molecule is CCCNC(=O)c1cc(Nc2c(C)cc(C)cc2Cl)nc(C)n1. The summed E-state index contributed by atoms with van der Waals surface area (Å²) in [6, 6.07) is 5.56. The summed E-state index contributed by atoms with van der Waals surface area (Å²) in [6.45, 7) is 8.34. The first kappa shape index (κ1) is 17.2. The minimum Gasteiger partial charge on any atom is -0.351 e. The van der Waals surface area contributed by atoms with Crippen molar-refractivity contribution in [1.29, 1.82) is 0 Å². The normalized spacial score (nSPS) is 10.5. The van der Waals surface area contributed by atoms with Gasteiger partial charge in [0.05, 0.1) is 10.7 Å². The average Bonchev–Trinajstić information content (AvgIpc) is 2.48. The lowest BCUT2D eigenvalue weighted by Crippen LogP contribution is -2.25. The number of carbonyl (C=O) groups excluding carboxylic acids is 1. The first-order valence-electron chi connectivity index (χ1n) is 7.58. The second kappa shape index (κ2) is 7.42. The maximum Gasteiger partial charge on any atom is 0.270 e. The molecule has 0 spiro atoms. The van der Waals surface area contributed by atoms with E-state index in [0.29, 0.717) is 28.9 Å². The van der Waals surface area contributed by atoms with Crippen LogP contribution in [0.25, 0.3) is 0 Å². The van der Waals surface area contributed by atoms with E-state index in [0.717, 1.165) is 23.2 Å². The molecule has 0 radical (unpaired) electrons. The molecule has 1 heterocycles. The number of nitrogens with one attached hydrogen (secondary N) is 2. The lowest BCUT2D eigenvalue weighted by molar-refractivity contribution is 0.0948. The predicted octanol–water partition coefficient (Wildman–Crippen LogP) is 3.94. The summed E-state index contributed by atoms with van der Waals surface area (Å²) in [5, 5.41) is 6.63. The largest absolute Gasteiger partial charge is 0.351 e. The Bertz CT molecular complexity index is 708. The van der Waals surface area contributed by atoms with Crippen LogP contribution in [0.5, 0.6) is 0 Å². The molecular formula is C17H21ClN4O. The highest BCUT2D eigenvalue weighted by atomic mass is 35.5. The molecule has 0 bridgehead atoms. The van der Waals surface area contributed by atoms with E-state index in [1.54, 1.807) is 13.0 Å². The Labute approximate surface area is 141 Å². The van der Waals surface area contributed by atoms with Gasteiger partial charge in [0.1, 0.15) is 17.3 Å². The Kier molecular flexibility index (Phi) is 5.55. The van der Waals surface area contributed by atoms with Crippen LogP contribution in [-0.2, 0) is 0 Å². The molecule has 0 aliphatic heterocycles. The number of aromatic nitrogens is 2. The Morgan fingerprint density at radius 2 is 1.91 bits per heavy atom. The van der Waals surface area contributed by atoms with E-state index >= 15 is 0 Å². The number of hydrogen-bond donors (Lipinski definition) is 2. The lowest BCUT2D eigenvalue weighted by atomic mass is 10.1. The van der Waals surface area contributed by atoms with Crippen LogP contribution < -0.4 is 10.6 Å². The number of hydrogen-bond acceptors (Lipinski definition) is 4. The van der Waals surface area contributed by atoms with Crippen molar-refractivity contribution in [3.8, 4) is 0 Å². The van der Waals surface area contributed by atoms with Crippen molar-refractivity contribution in [2.24, 2.45) is 0 Å². The van der Waals surface area contributed by atoms with Crippen LogP contribution in [0.2, 0.25) is 5.02 Å². The van der Waals surface area contributed by atoms with Gasteiger partial charge in [-0.05, 0) is 44.4 Å². The van der Waals surface area contributed by atoms with Crippen molar-refractivity contribution >= 4 is 29.0 Å². The molecule has 1 aromatic heterocycles. The molecule has 2 aromatic rings. The Balaban J connectivity index is 2.31. The number of benzene rings is 1. The van der Waals surface area contributed by atoms with Crippen molar-refractivity contribution in [1.82, 2.24) is 15.3 Å². The number of nitrogens with zero attached hydrogens (tertiary/aromatic N) is 2. The minimum absolute atomic E-state index is 0.202. The van der Waals surface area contributed by atoms with Crippen molar-refractivity contribution < 1.29 is 4.79 Å². The van der Waals surface area contributed by atoms with Gasteiger partial charge in [-0.1, -0.05) is 24.6 Å². The second-order valence-electron chi connectivity index (χ2n) is 5.51. The van der Waals surface area contributed by atoms with Crippen LogP contribution in [0.1, 0.15) is 40.8 Å². The monoisotopic (exact) mass is 332 g/mol. The van der Waals surface area contributed by atoms with Crippen molar-refractivity contribution in [3.63, 3.8) is 0 Å². The zero-order valence-corrected chi connectivity index (χ0v) is 14.6. The molecule has 0 fully saturated rings. The highest BCUT2D eigenvalue weighted by Crippen LogP contribution is 2.29. The molecule has 5 nitrogen and oxygen atoms in total. The van der Waals surface area contributed by atoms with E-state index in [1.807, 2.05) is 32.9 Å². The van der Waals surface area contributed by atoms with Crippen LogP contribution in [0, 0.1) is 20.8 Å². The molecule has 0 unspecified atom stereocenters. The van der Waals surface area contributed by atoms with Crippen molar-refractivity contribution in [2.45, 2.75) is 34.1 Å². The number of amides is 1. The molecule has 6 heteroatoms. The van der Waals surface area contributed by atoms with Gasteiger partial charge in [-0.3, -0.25) is 4.79 Å². The zero-order valence-electron chi connectivity index (χ0n) is 13.8. The van der Waals surface area contributed by atoms with Crippen LogP contribution in [0.3, 0.4) is 0 Å². The lowest BCUT2D eigenvalue weighted by Gasteiger charge is -2.13. The summed E-state index contributed by atoms with van der Waals surface area (Å²) in [5.41, 5.74) is 3.24. The van der Waals surface area contributed by atoms with Gasteiger partial charge in [0.15, 0.2) is 0 Å². The van der Waals surface area contributed by atoms with Gasteiger partial charge >= 0.3 is 0 Å². The third-order valence-electron chi connectivity index (χ3n) is 3.29. The van der Waals surface area contributed by atoms with Gasteiger partial charge in [0.25, 0.3) is 5.91 Å². The fourth-order valence-corrected chi connectivity index (χ4v) is 2.65. The van der Waals surface area contributed by atoms with Crippen LogP contribution >= 0.6 is 11.6 Å². The van der Waals surface area contributed by atoms with Gasteiger partial charge in [0.2, 0.25) is 0 Å². The summed E-state index contributed by atoms with van der Waals surface area (Å²) < 4.78 is 0. The minimum atomic E-state index is -0.202. The maximum atomic E-state index is 12.1. The molecule has 23 heavy (non-hydrogen) atoms. The quantitative estimate of drug-likeness (QED) is 0.870. The number of carbonyl (C=O) groups is 1. The molecule has 0 aliphatic rings. The molecular weight excluding hydrogens is 312 g/mol. The molecule has 1 amide bonds. The zero-order chi connectivity index (χ0) is 17.0. The first-order chi connectivity index (χ1) is 10.9. The van der Waals surface area contributed by atoms with E-state index in [9.17, 15) is 4.79 Å². The molecule has 0 saturated heterocycles. The third kappa shape index (κ3) is 4.42. The summed E-state index contributed by atoms with van der Waals surface area (Å²) in [5.74, 6) is 0.873. The molecule has 0 saturated carbocycles. The molecule has 1 aromatic carbocycles. The predicted molar refractivity (Wildman–Crippen MR) is 93.6 cm³/mol. The highest BCUT2D eigenvalue weighted by molar-refractivity contribution is 6.33. The highest BCUT2D eigenvalue weighted by Gasteiger charge is 2.12. The molecule has 0 atom stereocenters. The van der Waals surface area contributed by atoms with Crippen molar-refractivity contribution in [3.05, 3.63) is 45.9 Å².